The smallest absolute Gasteiger partial charge is 0.305 e. The van der Waals surface area contributed by atoms with Crippen molar-refractivity contribution in [2.75, 3.05) is 0 Å². The number of nitrogens with zero attached hydrogens (tertiary/aromatic N) is 1. The number of rotatable bonds is 3. The van der Waals surface area contributed by atoms with Gasteiger partial charge in [0.15, 0.2) is 0 Å². The van der Waals surface area contributed by atoms with Gasteiger partial charge in [0.2, 0.25) is 0 Å². The van der Waals surface area contributed by atoms with E-state index in [9.17, 15) is 4.79 Å². The van der Waals surface area contributed by atoms with Crippen LogP contribution < -0.4 is 5.73 Å². The summed E-state index contributed by atoms with van der Waals surface area (Å²) in [6, 6.07) is 0. The molecule has 1 aromatic heterocycles. The Bertz CT molecular complexity index is 269. The molecule has 0 radical (unpaired) electrons. The topological polar surface area (TPSA) is 76.2 Å². The molecule has 0 aliphatic rings. The maximum absolute atomic E-state index is 10.4. The molecule has 0 aliphatic heterocycles. The van der Waals surface area contributed by atoms with E-state index in [4.69, 9.17) is 10.8 Å². The Morgan fingerprint density at radius 3 is 3.00 bits per heavy atom. The molecule has 1 atom stereocenters. The van der Waals surface area contributed by atoms with Crippen LogP contribution in [-0.2, 0) is 10.3 Å². The summed E-state index contributed by atoms with van der Waals surface area (Å²) in [4.78, 5) is 10.4. The summed E-state index contributed by atoms with van der Waals surface area (Å²) in [6.07, 6.45) is 1.53. The van der Waals surface area contributed by atoms with Crippen molar-refractivity contribution in [3.8, 4) is 0 Å². The second-order valence-electron chi connectivity index (χ2n) is 2.90. The number of carbonyl (C=O) groups is 1. The fraction of sp³-hybridized carbons (Fsp3) is 0.429. The van der Waals surface area contributed by atoms with Crippen molar-refractivity contribution in [1.82, 2.24) is 4.37 Å². The van der Waals surface area contributed by atoms with Crippen LogP contribution >= 0.6 is 11.5 Å². The number of hydrogen-bond donors (Lipinski definition) is 2. The number of hydrogen-bond acceptors (Lipinski definition) is 4. The standard InChI is InChI=1S/C7H10N2O2S/c1-7(8,2-6(10)11)5-3-9-12-4-5/h3-4H,2,8H2,1H3,(H,10,11)/t7-/m0/s1. The third-order valence-corrected chi connectivity index (χ3v) is 2.20. The Morgan fingerprint density at radius 1 is 1.92 bits per heavy atom. The highest BCUT2D eigenvalue weighted by molar-refractivity contribution is 7.03. The van der Waals surface area contributed by atoms with Crippen LogP contribution in [0.5, 0.6) is 0 Å². The van der Waals surface area contributed by atoms with Gasteiger partial charge in [0.05, 0.1) is 12.0 Å². The zero-order chi connectivity index (χ0) is 9.19. The highest BCUT2D eigenvalue weighted by Gasteiger charge is 2.25. The van der Waals surface area contributed by atoms with E-state index >= 15 is 0 Å². The minimum Gasteiger partial charge on any atom is -0.481 e. The average molecular weight is 186 g/mol. The first kappa shape index (κ1) is 9.15. The fourth-order valence-electron chi connectivity index (χ4n) is 0.903. The van der Waals surface area contributed by atoms with Gasteiger partial charge in [0.25, 0.3) is 0 Å². The number of aliphatic carboxylic acids is 1. The van der Waals surface area contributed by atoms with Gasteiger partial charge in [-0.1, -0.05) is 0 Å². The van der Waals surface area contributed by atoms with Crippen molar-refractivity contribution in [2.45, 2.75) is 18.9 Å². The van der Waals surface area contributed by atoms with Crippen LogP contribution in [-0.4, -0.2) is 15.4 Å². The molecule has 1 rings (SSSR count). The lowest BCUT2D eigenvalue weighted by Gasteiger charge is -2.20. The second-order valence-corrected chi connectivity index (χ2v) is 3.56. The van der Waals surface area contributed by atoms with E-state index in [1.165, 1.54) is 11.5 Å². The zero-order valence-corrected chi connectivity index (χ0v) is 7.47. The van der Waals surface area contributed by atoms with Gasteiger partial charge in [0, 0.05) is 17.1 Å². The van der Waals surface area contributed by atoms with Crippen molar-refractivity contribution in [1.29, 1.82) is 0 Å². The summed E-state index contributed by atoms with van der Waals surface area (Å²) in [5.41, 5.74) is 5.74. The van der Waals surface area contributed by atoms with Gasteiger partial charge in [-0.25, -0.2) is 4.37 Å². The summed E-state index contributed by atoms with van der Waals surface area (Å²) in [5, 5.41) is 10.3. The summed E-state index contributed by atoms with van der Waals surface area (Å²) in [7, 11) is 0. The highest BCUT2D eigenvalue weighted by atomic mass is 32.1. The fourth-order valence-corrected chi connectivity index (χ4v) is 1.58. The van der Waals surface area contributed by atoms with E-state index in [0.717, 1.165) is 5.56 Å². The van der Waals surface area contributed by atoms with Crippen LogP contribution in [0.4, 0.5) is 0 Å². The Balaban J connectivity index is 2.79. The minimum absolute atomic E-state index is 0.0780. The van der Waals surface area contributed by atoms with E-state index in [1.807, 2.05) is 0 Å². The molecule has 12 heavy (non-hydrogen) atoms. The molecule has 0 bridgehead atoms. The van der Waals surface area contributed by atoms with Crippen LogP contribution in [0.1, 0.15) is 18.9 Å². The normalized spacial score (nSPS) is 15.5. The van der Waals surface area contributed by atoms with Crippen LogP contribution in [0, 0.1) is 0 Å². The number of carboxylic acids is 1. The number of nitrogens with two attached hydrogens (primary N) is 1. The van der Waals surface area contributed by atoms with Crippen molar-refractivity contribution in [3.63, 3.8) is 0 Å². The predicted molar refractivity (Wildman–Crippen MR) is 45.9 cm³/mol. The van der Waals surface area contributed by atoms with E-state index in [1.54, 1.807) is 18.5 Å². The zero-order valence-electron chi connectivity index (χ0n) is 6.65. The van der Waals surface area contributed by atoms with Crippen molar-refractivity contribution in [2.24, 2.45) is 5.73 Å². The summed E-state index contributed by atoms with van der Waals surface area (Å²) in [6.45, 7) is 1.69. The average Bonchev–Trinajstić information content (AvgIpc) is 2.32. The molecular weight excluding hydrogens is 176 g/mol. The van der Waals surface area contributed by atoms with Crippen LogP contribution in [0.2, 0.25) is 0 Å². The lowest BCUT2D eigenvalue weighted by atomic mass is 9.93. The van der Waals surface area contributed by atoms with E-state index in [-0.39, 0.29) is 6.42 Å². The molecule has 0 aromatic carbocycles. The predicted octanol–water partition coefficient (Wildman–Crippen LogP) is 0.792. The van der Waals surface area contributed by atoms with Gasteiger partial charge in [-0.3, -0.25) is 4.79 Å². The molecule has 1 aromatic rings. The monoisotopic (exact) mass is 186 g/mol. The molecule has 3 N–H and O–H groups in total. The third kappa shape index (κ3) is 2.02. The summed E-state index contributed by atoms with van der Waals surface area (Å²) >= 11 is 1.27. The molecule has 66 valence electrons. The summed E-state index contributed by atoms with van der Waals surface area (Å²) < 4.78 is 3.86. The molecule has 0 fully saturated rings. The van der Waals surface area contributed by atoms with Gasteiger partial charge in [0.1, 0.15) is 0 Å². The van der Waals surface area contributed by atoms with E-state index in [2.05, 4.69) is 4.37 Å². The van der Waals surface area contributed by atoms with Crippen LogP contribution in [0.3, 0.4) is 0 Å². The van der Waals surface area contributed by atoms with E-state index < -0.39 is 11.5 Å². The SMILES string of the molecule is C[C@](N)(CC(=O)O)c1cnsc1. The quantitative estimate of drug-likeness (QED) is 0.731. The molecule has 0 spiro atoms. The minimum atomic E-state index is -0.897. The number of carboxylic acid groups (broad SMARTS) is 1. The molecule has 0 aliphatic carbocycles. The summed E-state index contributed by atoms with van der Waals surface area (Å²) in [5.74, 6) is -0.897. The van der Waals surface area contributed by atoms with Gasteiger partial charge < -0.3 is 10.8 Å². The van der Waals surface area contributed by atoms with Gasteiger partial charge >= 0.3 is 5.97 Å². The van der Waals surface area contributed by atoms with Gasteiger partial charge in [-0.2, -0.15) is 0 Å². The Hall–Kier alpha value is -0.940. The van der Waals surface area contributed by atoms with E-state index in [0.29, 0.717) is 0 Å². The molecule has 0 unspecified atom stereocenters. The number of aromatic nitrogens is 1. The highest BCUT2D eigenvalue weighted by Crippen LogP contribution is 2.21. The van der Waals surface area contributed by atoms with Crippen LogP contribution in [0.15, 0.2) is 11.6 Å². The van der Waals surface area contributed by atoms with Crippen molar-refractivity contribution >= 4 is 17.5 Å². The molecule has 0 amide bonds. The molecule has 0 saturated heterocycles. The molecular formula is C7H10N2O2S. The van der Waals surface area contributed by atoms with Crippen molar-refractivity contribution in [3.05, 3.63) is 17.1 Å². The second kappa shape index (κ2) is 3.20. The Kier molecular flexibility index (Phi) is 2.44. The van der Waals surface area contributed by atoms with Gasteiger partial charge in [-0.05, 0) is 18.5 Å². The molecule has 5 heteroatoms. The van der Waals surface area contributed by atoms with Gasteiger partial charge in [-0.15, -0.1) is 0 Å². The molecule has 0 saturated carbocycles. The maximum Gasteiger partial charge on any atom is 0.305 e. The Labute approximate surface area is 74.2 Å². The third-order valence-electron chi connectivity index (χ3n) is 1.61. The first-order chi connectivity index (χ1) is 5.52. The van der Waals surface area contributed by atoms with Crippen LogP contribution in [0.25, 0.3) is 0 Å². The lowest BCUT2D eigenvalue weighted by molar-refractivity contribution is -0.138. The maximum atomic E-state index is 10.4. The molecule has 1 heterocycles. The Morgan fingerprint density at radius 2 is 2.58 bits per heavy atom. The first-order valence-electron chi connectivity index (χ1n) is 3.43. The lowest BCUT2D eigenvalue weighted by Crippen LogP contribution is -2.35. The molecule has 4 nitrogen and oxygen atoms in total. The largest absolute Gasteiger partial charge is 0.481 e. The van der Waals surface area contributed by atoms with Crippen molar-refractivity contribution < 1.29 is 9.90 Å². The first-order valence-corrected chi connectivity index (χ1v) is 4.26.